The van der Waals surface area contributed by atoms with E-state index in [1.165, 1.54) is 12.8 Å². The third kappa shape index (κ3) is 2.45. The molecule has 0 spiro atoms. The number of likely N-dealkylation sites (N-methyl/N-ethyl adjacent to an activating group) is 2. The fourth-order valence-electron chi connectivity index (χ4n) is 3.31. The minimum atomic E-state index is 0.384. The highest BCUT2D eigenvalue weighted by atomic mass is 15.2. The van der Waals surface area contributed by atoms with E-state index in [1.54, 1.807) is 0 Å². The van der Waals surface area contributed by atoms with Gasteiger partial charge in [-0.3, -0.25) is 4.90 Å². The van der Waals surface area contributed by atoms with Crippen molar-refractivity contribution in [2.24, 2.45) is 12.5 Å². The molecular formula is C14H26N4. The van der Waals surface area contributed by atoms with Gasteiger partial charge >= 0.3 is 0 Å². The first-order valence-electron chi connectivity index (χ1n) is 6.79. The van der Waals surface area contributed by atoms with E-state index in [2.05, 4.69) is 54.8 Å². The van der Waals surface area contributed by atoms with Crippen LogP contribution in [-0.2, 0) is 13.6 Å². The highest BCUT2D eigenvalue weighted by Gasteiger charge is 2.42. The Morgan fingerprint density at radius 1 is 1.56 bits per heavy atom. The van der Waals surface area contributed by atoms with Gasteiger partial charge in [0.25, 0.3) is 0 Å². The van der Waals surface area contributed by atoms with Crippen molar-refractivity contribution in [3.63, 3.8) is 0 Å². The number of nitrogens with zero attached hydrogens (tertiary/aromatic N) is 3. The number of aromatic nitrogens is 2. The number of nitrogens with one attached hydrogen (secondary N) is 1. The molecule has 1 aromatic heterocycles. The SMILES string of the molecule is CNC1C(N(C)Cc2nccn2C)CCC1(C)C. The molecule has 0 saturated heterocycles. The summed E-state index contributed by atoms with van der Waals surface area (Å²) in [7, 11) is 6.36. The maximum atomic E-state index is 4.42. The van der Waals surface area contributed by atoms with Crippen LogP contribution in [0, 0.1) is 5.41 Å². The zero-order valence-corrected chi connectivity index (χ0v) is 12.3. The van der Waals surface area contributed by atoms with Crippen molar-refractivity contribution in [3.8, 4) is 0 Å². The van der Waals surface area contributed by atoms with Gasteiger partial charge in [0.2, 0.25) is 0 Å². The summed E-state index contributed by atoms with van der Waals surface area (Å²) < 4.78 is 2.10. The molecule has 1 saturated carbocycles. The Balaban J connectivity index is 2.06. The maximum Gasteiger partial charge on any atom is 0.122 e. The molecule has 0 amide bonds. The van der Waals surface area contributed by atoms with Gasteiger partial charge in [0.15, 0.2) is 0 Å². The van der Waals surface area contributed by atoms with Gasteiger partial charge in [-0.1, -0.05) is 13.8 Å². The summed E-state index contributed by atoms with van der Waals surface area (Å²) in [5.41, 5.74) is 0.384. The van der Waals surface area contributed by atoms with Crippen LogP contribution >= 0.6 is 0 Å². The summed E-state index contributed by atoms with van der Waals surface area (Å²) >= 11 is 0. The molecule has 1 fully saturated rings. The average molecular weight is 250 g/mol. The highest BCUT2D eigenvalue weighted by Crippen LogP contribution is 2.39. The molecule has 0 aromatic carbocycles. The normalized spacial score (nSPS) is 27.0. The van der Waals surface area contributed by atoms with E-state index in [0.29, 0.717) is 17.5 Å². The van der Waals surface area contributed by atoms with E-state index in [0.717, 1.165) is 12.4 Å². The molecule has 1 aliphatic carbocycles. The van der Waals surface area contributed by atoms with E-state index in [1.807, 2.05) is 12.4 Å². The van der Waals surface area contributed by atoms with Crippen molar-refractivity contribution >= 4 is 0 Å². The van der Waals surface area contributed by atoms with Crippen molar-refractivity contribution in [2.45, 2.75) is 45.3 Å². The summed E-state index contributed by atoms with van der Waals surface area (Å²) in [6, 6.07) is 1.16. The topological polar surface area (TPSA) is 33.1 Å². The van der Waals surface area contributed by atoms with Gasteiger partial charge in [0, 0.05) is 31.5 Å². The van der Waals surface area contributed by atoms with Gasteiger partial charge < -0.3 is 9.88 Å². The van der Waals surface area contributed by atoms with Crippen molar-refractivity contribution < 1.29 is 0 Å². The number of hydrogen-bond donors (Lipinski definition) is 1. The van der Waals surface area contributed by atoms with Crippen LogP contribution in [0.3, 0.4) is 0 Å². The third-order valence-corrected chi connectivity index (χ3v) is 4.50. The quantitative estimate of drug-likeness (QED) is 0.881. The zero-order chi connectivity index (χ0) is 13.3. The molecule has 2 atom stereocenters. The number of hydrogen-bond acceptors (Lipinski definition) is 3. The predicted molar refractivity (Wildman–Crippen MR) is 74.3 cm³/mol. The summed E-state index contributed by atoms with van der Waals surface area (Å²) in [5, 5.41) is 3.51. The van der Waals surface area contributed by atoms with Gasteiger partial charge in [-0.05, 0) is 32.4 Å². The van der Waals surface area contributed by atoms with Gasteiger partial charge in [-0.25, -0.2) is 4.98 Å². The van der Waals surface area contributed by atoms with Crippen molar-refractivity contribution in [2.75, 3.05) is 14.1 Å². The first kappa shape index (κ1) is 13.6. The van der Waals surface area contributed by atoms with E-state index < -0.39 is 0 Å². The first-order chi connectivity index (χ1) is 8.45. The van der Waals surface area contributed by atoms with Crippen LogP contribution in [-0.4, -0.2) is 40.6 Å². The van der Waals surface area contributed by atoms with Crippen LogP contribution in [0.1, 0.15) is 32.5 Å². The Bertz CT molecular complexity index is 396. The summed E-state index contributed by atoms with van der Waals surface area (Å²) in [6.07, 6.45) is 6.43. The lowest BCUT2D eigenvalue weighted by molar-refractivity contribution is 0.167. The Hall–Kier alpha value is -0.870. The minimum Gasteiger partial charge on any atom is -0.337 e. The lowest BCUT2D eigenvalue weighted by Crippen LogP contribution is -2.49. The molecule has 0 aliphatic heterocycles. The molecule has 0 radical (unpaired) electrons. The summed E-state index contributed by atoms with van der Waals surface area (Å²) in [4.78, 5) is 6.86. The Labute approximate surface area is 110 Å². The smallest absolute Gasteiger partial charge is 0.122 e. The molecule has 2 unspecified atom stereocenters. The Morgan fingerprint density at radius 3 is 2.83 bits per heavy atom. The van der Waals surface area contributed by atoms with Gasteiger partial charge in [-0.2, -0.15) is 0 Å². The van der Waals surface area contributed by atoms with Crippen LogP contribution in [0.15, 0.2) is 12.4 Å². The average Bonchev–Trinajstić information content (AvgIpc) is 2.82. The number of rotatable bonds is 4. The van der Waals surface area contributed by atoms with Gasteiger partial charge in [0.05, 0.1) is 6.54 Å². The second-order valence-electron chi connectivity index (χ2n) is 6.23. The van der Waals surface area contributed by atoms with Crippen molar-refractivity contribution in [1.29, 1.82) is 0 Å². The molecule has 1 heterocycles. The molecule has 1 aliphatic rings. The number of imidazole rings is 1. The Kier molecular flexibility index (Phi) is 3.78. The summed E-state index contributed by atoms with van der Waals surface area (Å²) in [6.45, 7) is 5.65. The fourth-order valence-corrected chi connectivity index (χ4v) is 3.31. The molecule has 1 N–H and O–H groups in total. The van der Waals surface area contributed by atoms with Crippen molar-refractivity contribution in [1.82, 2.24) is 19.8 Å². The monoisotopic (exact) mass is 250 g/mol. The molecule has 1 aromatic rings. The standard InChI is InChI=1S/C14H26N4/c1-14(2)7-6-11(13(14)15-3)18(5)10-12-16-8-9-17(12)4/h8-9,11,13,15H,6-7,10H2,1-5H3. The van der Waals surface area contributed by atoms with Gasteiger partial charge in [-0.15, -0.1) is 0 Å². The maximum absolute atomic E-state index is 4.42. The lowest BCUT2D eigenvalue weighted by atomic mass is 9.86. The molecule has 0 bridgehead atoms. The van der Waals surface area contributed by atoms with Crippen LogP contribution < -0.4 is 5.32 Å². The molecule has 102 valence electrons. The zero-order valence-electron chi connectivity index (χ0n) is 12.3. The third-order valence-electron chi connectivity index (χ3n) is 4.50. The van der Waals surface area contributed by atoms with Crippen molar-refractivity contribution in [3.05, 3.63) is 18.2 Å². The van der Waals surface area contributed by atoms with E-state index in [9.17, 15) is 0 Å². The van der Waals surface area contributed by atoms with E-state index in [-0.39, 0.29) is 0 Å². The highest BCUT2D eigenvalue weighted by molar-refractivity contribution is 5.01. The second-order valence-corrected chi connectivity index (χ2v) is 6.23. The molecule has 4 heteroatoms. The molecule has 2 rings (SSSR count). The van der Waals surface area contributed by atoms with Crippen LogP contribution in [0.4, 0.5) is 0 Å². The fraction of sp³-hybridized carbons (Fsp3) is 0.786. The largest absolute Gasteiger partial charge is 0.337 e. The van der Waals surface area contributed by atoms with E-state index >= 15 is 0 Å². The molecule has 18 heavy (non-hydrogen) atoms. The molecular weight excluding hydrogens is 224 g/mol. The number of aryl methyl sites for hydroxylation is 1. The van der Waals surface area contributed by atoms with Crippen LogP contribution in [0.25, 0.3) is 0 Å². The second kappa shape index (κ2) is 5.02. The van der Waals surface area contributed by atoms with E-state index in [4.69, 9.17) is 0 Å². The predicted octanol–water partition coefficient (Wildman–Crippen LogP) is 1.63. The minimum absolute atomic E-state index is 0.384. The van der Waals surface area contributed by atoms with Gasteiger partial charge in [0.1, 0.15) is 5.82 Å². The lowest BCUT2D eigenvalue weighted by Gasteiger charge is -2.35. The Morgan fingerprint density at radius 2 is 2.28 bits per heavy atom. The summed E-state index contributed by atoms with van der Waals surface area (Å²) in [5.74, 6) is 1.14. The molecule has 4 nitrogen and oxygen atoms in total. The van der Waals surface area contributed by atoms with Crippen LogP contribution in [0.2, 0.25) is 0 Å². The first-order valence-corrected chi connectivity index (χ1v) is 6.79. The van der Waals surface area contributed by atoms with Crippen LogP contribution in [0.5, 0.6) is 0 Å².